The number of pyridine rings is 2. The van der Waals surface area contributed by atoms with E-state index in [1.165, 1.54) is 5.56 Å². The summed E-state index contributed by atoms with van der Waals surface area (Å²) >= 11 is 0. The summed E-state index contributed by atoms with van der Waals surface area (Å²) in [5, 5.41) is 6.41. The van der Waals surface area contributed by atoms with Crippen LogP contribution in [0.2, 0.25) is 0 Å². The van der Waals surface area contributed by atoms with Gasteiger partial charge in [0.2, 0.25) is 0 Å². The molecule has 4 nitrogen and oxygen atoms in total. The molecular formula is C32H22N2O2. The molecule has 0 radical (unpaired) electrons. The van der Waals surface area contributed by atoms with Gasteiger partial charge in [0.1, 0.15) is 16.9 Å². The van der Waals surface area contributed by atoms with E-state index in [2.05, 4.69) is 65.4 Å². The second-order valence-electron chi connectivity index (χ2n) is 9.14. The van der Waals surface area contributed by atoms with Crippen LogP contribution < -0.4 is 4.74 Å². The normalized spacial score (nSPS) is 11.6. The third-order valence-electron chi connectivity index (χ3n) is 7.04. The van der Waals surface area contributed by atoms with Gasteiger partial charge in [0.15, 0.2) is 0 Å². The van der Waals surface area contributed by atoms with Crippen LogP contribution in [0.5, 0.6) is 5.75 Å². The van der Waals surface area contributed by atoms with E-state index >= 15 is 0 Å². The first-order valence-corrected chi connectivity index (χ1v) is 11.9. The number of ether oxygens (including phenoxy) is 1. The van der Waals surface area contributed by atoms with Gasteiger partial charge in [0.05, 0.1) is 7.11 Å². The van der Waals surface area contributed by atoms with Crippen molar-refractivity contribution in [3.8, 4) is 28.0 Å². The molecule has 0 N–H and O–H groups in total. The van der Waals surface area contributed by atoms with Crippen LogP contribution in [0.4, 0.5) is 0 Å². The number of aromatic nitrogens is 2. The average Bonchev–Trinajstić information content (AvgIpc) is 3.32. The lowest BCUT2D eigenvalue weighted by Crippen LogP contribution is -1.86. The molecule has 0 saturated carbocycles. The summed E-state index contributed by atoms with van der Waals surface area (Å²) < 4.78 is 12.0. The zero-order valence-corrected chi connectivity index (χ0v) is 19.9. The fraction of sp³-hybridized carbons (Fsp3) is 0.0625. The molecule has 36 heavy (non-hydrogen) atoms. The highest BCUT2D eigenvalue weighted by atomic mass is 16.5. The Kier molecular flexibility index (Phi) is 4.55. The van der Waals surface area contributed by atoms with Crippen LogP contribution in [0, 0.1) is 6.92 Å². The Balaban J connectivity index is 1.61. The molecule has 4 heteroatoms. The van der Waals surface area contributed by atoms with Crippen molar-refractivity contribution in [3.05, 3.63) is 103 Å². The van der Waals surface area contributed by atoms with Crippen molar-refractivity contribution in [1.29, 1.82) is 0 Å². The Morgan fingerprint density at radius 3 is 1.58 bits per heavy atom. The Morgan fingerprint density at radius 2 is 1.08 bits per heavy atom. The Labute approximate surface area is 207 Å². The minimum Gasteiger partial charge on any atom is -0.497 e. The first-order valence-electron chi connectivity index (χ1n) is 11.9. The van der Waals surface area contributed by atoms with Gasteiger partial charge in [-0.2, -0.15) is 0 Å². The van der Waals surface area contributed by atoms with Crippen LogP contribution in [0.1, 0.15) is 5.56 Å². The SMILES string of the molecule is COc1ccc(-c2cc3c4cc(-c5ccc(C)cc5)c5cnccc5c4oc3c3ccncc23)cc1. The van der Waals surface area contributed by atoms with Crippen molar-refractivity contribution >= 4 is 43.5 Å². The molecule has 4 aromatic carbocycles. The standard InChI is InChI=1S/C32H22N2O2/c1-19-3-5-20(6-4-19)25-15-27-28-16-26(21-7-9-22(35-2)10-8-21)30-18-34-14-12-24(30)32(28)36-31(27)23-11-13-33-17-29(23)25/h3-18H,1-2H3. The fourth-order valence-electron chi connectivity index (χ4n) is 5.18. The summed E-state index contributed by atoms with van der Waals surface area (Å²) in [5.74, 6) is 0.832. The van der Waals surface area contributed by atoms with E-state index in [1.807, 2.05) is 49.1 Å². The highest BCUT2D eigenvalue weighted by Gasteiger charge is 2.19. The lowest BCUT2D eigenvalue weighted by atomic mass is 9.93. The van der Waals surface area contributed by atoms with Crippen molar-refractivity contribution in [2.24, 2.45) is 0 Å². The van der Waals surface area contributed by atoms with Crippen LogP contribution in [0.15, 0.2) is 102 Å². The summed E-state index contributed by atoms with van der Waals surface area (Å²) in [5.41, 5.74) is 7.52. The van der Waals surface area contributed by atoms with Gasteiger partial charge < -0.3 is 9.15 Å². The highest BCUT2D eigenvalue weighted by Crippen LogP contribution is 2.43. The maximum atomic E-state index is 6.64. The molecule has 0 atom stereocenters. The number of nitrogens with zero attached hydrogens (tertiary/aromatic N) is 2. The van der Waals surface area contributed by atoms with E-state index in [0.717, 1.165) is 71.5 Å². The van der Waals surface area contributed by atoms with Gasteiger partial charge in [-0.1, -0.05) is 42.0 Å². The molecule has 0 aliphatic carbocycles. The molecule has 7 rings (SSSR count). The number of hydrogen-bond donors (Lipinski definition) is 0. The number of methoxy groups -OCH3 is 1. The zero-order valence-electron chi connectivity index (χ0n) is 19.9. The minimum absolute atomic E-state index is 0.832. The lowest BCUT2D eigenvalue weighted by Gasteiger charge is -2.09. The highest BCUT2D eigenvalue weighted by molar-refractivity contribution is 6.24. The third-order valence-corrected chi connectivity index (χ3v) is 7.04. The molecule has 0 amide bonds. The molecular weight excluding hydrogens is 444 g/mol. The number of fused-ring (bicyclic) bond motifs is 7. The van der Waals surface area contributed by atoms with Crippen molar-refractivity contribution < 1.29 is 9.15 Å². The van der Waals surface area contributed by atoms with E-state index in [4.69, 9.17) is 9.15 Å². The van der Waals surface area contributed by atoms with Gasteiger partial charge in [-0.05, 0) is 65.6 Å². The lowest BCUT2D eigenvalue weighted by molar-refractivity contribution is 0.415. The monoisotopic (exact) mass is 466 g/mol. The van der Waals surface area contributed by atoms with Crippen molar-refractivity contribution in [1.82, 2.24) is 9.97 Å². The van der Waals surface area contributed by atoms with Crippen molar-refractivity contribution in [3.63, 3.8) is 0 Å². The molecule has 7 aromatic rings. The van der Waals surface area contributed by atoms with Crippen LogP contribution in [0.3, 0.4) is 0 Å². The molecule has 3 aromatic heterocycles. The number of furan rings is 1. The van der Waals surface area contributed by atoms with Gasteiger partial charge in [-0.25, -0.2) is 0 Å². The average molecular weight is 467 g/mol. The molecule has 0 spiro atoms. The second kappa shape index (κ2) is 7.92. The van der Waals surface area contributed by atoms with Gasteiger partial charge in [-0.3, -0.25) is 9.97 Å². The van der Waals surface area contributed by atoms with Crippen LogP contribution in [-0.4, -0.2) is 17.1 Å². The molecule has 0 aliphatic heterocycles. The molecule has 0 bridgehead atoms. The quantitative estimate of drug-likeness (QED) is 0.263. The van der Waals surface area contributed by atoms with E-state index in [-0.39, 0.29) is 0 Å². The van der Waals surface area contributed by atoms with Gasteiger partial charge in [0, 0.05) is 57.1 Å². The van der Waals surface area contributed by atoms with Gasteiger partial charge in [-0.15, -0.1) is 0 Å². The van der Waals surface area contributed by atoms with Crippen LogP contribution in [0.25, 0.3) is 65.7 Å². The summed E-state index contributed by atoms with van der Waals surface area (Å²) in [6, 6.07) is 25.4. The minimum atomic E-state index is 0.832. The summed E-state index contributed by atoms with van der Waals surface area (Å²) in [4.78, 5) is 8.86. The van der Waals surface area contributed by atoms with E-state index in [0.29, 0.717) is 0 Å². The molecule has 172 valence electrons. The number of benzene rings is 4. The maximum Gasteiger partial charge on any atom is 0.143 e. The molecule has 3 heterocycles. The Hall–Kier alpha value is -4.70. The Morgan fingerprint density at radius 1 is 0.583 bits per heavy atom. The second-order valence-corrected chi connectivity index (χ2v) is 9.14. The van der Waals surface area contributed by atoms with E-state index < -0.39 is 0 Å². The van der Waals surface area contributed by atoms with Crippen LogP contribution >= 0.6 is 0 Å². The summed E-state index contributed by atoms with van der Waals surface area (Å²) in [7, 11) is 1.68. The maximum absolute atomic E-state index is 6.64. The van der Waals surface area contributed by atoms with Gasteiger partial charge in [0.25, 0.3) is 0 Å². The molecule has 0 unspecified atom stereocenters. The predicted octanol–water partition coefficient (Wildman–Crippen LogP) is 8.33. The topological polar surface area (TPSA) is 48.2 Å². The number of aryl methyl sites for hydroxylation is 1. The smallest absolute Gasteiger partial charge is 0.143 e. The summed E-state index contributed by atoms with van der Waals surface area (Å²) in [6.45, 7) is 2.11. The molecule has 0 fully saturated rings. The van der Waals surface area contributed by atoms with Crippen molar-refractivity contribution in [2.75, 3.05) is 7.11 Å². The zero-order chi connectivity index (χ0) is 24.2. The van der Waals surface area contributed by atoms with Gasteiger partial charge >= 0.3 is 0 Å². The fourth-order valence-corrected chi connectivity index (χ4v) is 5.18. The predicted molar refractivity (Wildman–Crippen MR) is 146 cm³/mol. The van der Waals surface area contributed by atoms with Crippen molar-refractivity contribution in [2.45, 2.75) is 6.92 Å². The summed E-state index contributed by atoms with van der Waals surface area (Å²) in [6.07, 6.45) is 7.51. The molecule has 0 aliphatic rings. The first kappa shape index (κ1) is 20.7. The molecule has 0 saturated heterocycles. The van der Waals surface area contributed by atoms with E-state index in [1.54, 1.807) is 7.11 Å². The number of rotatable bonds is 3. The Bertz CT molecular complexity index is 1920. The first-order chi connectivity index (χ1) is 17.7. The van der Waals surface area contributed by atoms with Crippen LogP contribution in [-0.2, 0) is 0 Å². The third kappa shape index (κ3) is 3.08. The largest absolute Gasteiger partial charge is 0.497 e. The van der Waals surface area contributed by atoms with E-state index in [9.17, 15) is 0 Å². The number of hydrogen-bond acceptors (Lipinski definition) is 4.